The molecule has 7 N–H and O–H groups in total. The average Bonchev–Trinajstić information content (AvgIpc) is 3.26. The van der Waals surface area contributed by atoms with Gasteiger partial charge in [-0.15, -0.1) is 22.7 Å². The van der Waals surface area contributed by atoms with E-state index in [0.29, 0.717) is 5.56 Å². The topological polar surface area (TPSA) is 169 Å². The molecule has 2 aromatic heterocycles. The van der Waals surface area contributed by atoms with Crippen molar-refractivity contribution in [1.82, 2.24) is 15.6 Å². The summed E-state index contributed by atoms with van der Waals surface area (Å²) >= 11 is 2.52. The Kier molecular flexibility index (Phi) is 5.37. The van der Waals surface area contributed by atoms with Crippen molar-refractivity contribution in [3.63, 3.8) is 0 Å². The number of rotatable bonds is 7. The lowest BCUT2D eigenvalue weighted by atomic mass is 10.0. The zero-order valence-corrected chi connectivity index (χ0v) is 15.8. The van der Waals surface area contributed by atoms with E-state index in [1.807, 2.05) is 0 Å². The highest BCUT2D eigenvalue weighted by atomic mass is 32.1. The molecule has 1 aliphatic rings. The second kappa shape index (κ2) is 7.72. The van der Waals surface area contributed by atoms with Crippen LogP contribution in [0.3, 0.4) is 0 Å². The molecule has 2 aromatic rings. The molecule has 3 heterocycles. The van der Waals surface area contributed by atoms with Gasteiger partial charge < -0.3 is 26.9 Å². The smallest absolute Gasteiger partial charge is 0.276 e. The van der Waals surface area contributed by atoms with Gasteiger partial charge in [-0.2, -0.15) is 0 Å². The monoisotopic (exact) mass is 407 g/mol. The number of carbonyl (C=O) groups excluding carboxylic acids is 2. The Morgan fingerprint density at radius 2 is 2.26 bits per heavy atom. The number of thiazole rings is 1. The zero-order valence-electron chi connectivity index (χ0n) is 14.2. The van der Waals surface area contributed by atoms with Crippen molar-refractivity contribution in [1.29, 1.82) is 5.41 Å². The van der Waals surface area contributed by atoms with Gasteiger partial charge in [0.25, 0.3) is 5.91 Å². The quantitative estimate of drug-likeness (QED) is 0.187. The summed E-state index contributed by atoms with van der Waals surface area (Å²) in [6.45, 7) is 1.87. The SMILES string of the molecule is CC1NC(=O)C1NC(=O)C(=NOCc1cc(C(=N)N)cs1)c1csc(N)n1. The largest absolute Gasteiger partial charge is 0.389 e. The number of nitrogen functional groups attached to an aromatic ring is 2. The van der Waals surface area contributed by atoms with Crippen LogP contribution in [0.5, 0.6) is 0 Å². The molecule has 1 aliphatic heterocycles. The number of β-lactam (4-membered cyclic amide) rings is 1. The van der Waals surface area contributed by atoms with Gasteiger partial charge in [-0.25, -0.2) is 4.98 Å². The third-order valence-electron chi connectivity index (χ3n) is 3.75. The second-order valence-electron chi connectivity index (χ2n) is 5.75. The first-order valence-electron chi connectivity index (χ1n) is 7.79. The van der Waals surface area contributed by atoms with Gasteiger partial charge in [0.15, 0.2) is 17.5 Å². The van der Waals surface area contributed by atoms with Gasteiger partial charge in [0.2, 0.25) is 5.91 Å². The van der Waals surface area contributed by atoms with Crippen molar-refractivity contribution in [2.75, 3.05) is 5.73 Å². The first-order valence-corrected chi connectivity index (χ1v) is 9.55. The highest BCUT2D eigenvalue weighted by molar-refractivity contribution is 7.13. The Morgan fingerprint density at radius 3 is 2.81 bits per heavy atom. The number of amides is 2. The zero-order chi connectivity index (χ0) is 19.6. The van der Waals surface area contributed by atoms with Gasteiger partial charge in [0.1, 0.15) is 17.6 Å². The fourth-order valence-electron chi connectivity index (χ4n) is 2.29. The maximum Gasteiger partial charge on any atom is 0.276 e. The Hall–Kier alpha value is -2.99. The van der Waals surface area contributed by atoms with Crippen molar-refractivity contribution in [2.24, 2.45) is 10.9 Å². The summed E-state index contributed by atoms with van der Waals surface area (Å²) < 4.78 is 0. The summed E-state index contributed by atoms with van der Waals surface area (Å²) in [5.41, 5.74) is 11.8. The van der Waals surface area contributed by atoms with Gasteiger partial charge in [-0.05, 0) is 13.0 Å². The molecular formula is C15H17N7O3S2. The van der Waals surface area contributed by atoms with Crippen molar-refractivity contribution < 1.29 is 14.4 Å². The van der Waals surface area contributed by atoms with E-state index in [4.69, 9.17) is 21.7 Å². The number of hydrogen-bond donors (Lipinski definition) is 5. The first kappa shape index (κ1) is 18.8. The number of aromatic nitrogens is 1. The minimum Gasteiger partial charge on any atom is -0.389 e. The molecular weight excluding hydrogens is 390 g/mol. The standard InChI is InChI=1S/C15H17N7O3S2/c1-6-10(13(23)19-6)21-14(24)11(9-5-27-15(18)20-9)22-25-3-8-2-7(4-26-8)12(16)17/h2,4-6,10H,3H2,1H3,(H3,16,17)(H2,18,20)(H,19,23)(H,21,24). The van der Waals surface area contributed by atoms with Crippen LogP contribution in [0.25, 0.3) is 0 Å². The van der Waals surface area contributed by atoms with Crippen LogP contribution in [0.2, 0.25) is 0 Å². The van der Waals surface area contributed by atoms with E-state index >= 15 is 0 Å². The molecule has 0 aromatic carbocycles. The van der Waals surface area contributed by atoms with Gasteiger partial charge in [0.05, 0.1) is 6.04 Å². The number of oxime groups is 1. The predicted octanol–water partition coefficient (Wildman–Crippen LogP) is -0.00513. The van der Waals surface area contributed by atoms with E-state index in [9.17, 15) is 9.59 Å². The van der Waals surface area contributed by atoms with Gasteiger partial charge in [-0.1, -0.05) is 5.16 Å². The fraction of sp³-hybridized carbons (Fsp3) is 0.267. The van der Waals surface area contributed by atoms with Crippen LogP contribution in [0, 0.1) is 5.41 Å². The third-order valence-corrected chi connectivity index (χ3v) is 5.33. The van der Waals surface area contributed by atoms with Crippen LogP contribution < -0.4 is 22.1 Å². The van der Waals surface area contributed by atoms with Gasteiger partial charge >= 0.3 is 0 Å². The summed E-state index contributed by atoms with van der Waals surface area (Å²) in [5, 5.41) is 20.1. The first-order chi connectivity index (χ1) is 12.8. The predicted molar refractivity (Wildman–Crippen MR) is 103 cm³/mol. The van der Waals surface area contributed by atoms with Crippen molar-refractivity contribution >= 4 is 51.2 Å². The molecule has 27 heavy (non-hydrogen) atoms. The molecule has 12 heteroatoms. The molecule has 0 saturated carbocycles. The molecule has 0 aliphatic carbocycles. The molecule has 10 nitrogen and oxygen atoms in total. The third kappa shape index (κ3) is 4.23. The number of hydrogen-bond acceptors (Lipinski definition) is 9. The number of nitrogens with zero attached hydrogens (tertiary/aromatic N) is 2. The number of nitrogens with one attached hydrogen (secondary N) is 3. The van der Waals surface area contributed by atoms with E-state index in [1.54, 1.807) is 23.8 Å². The van der Waals surface area contributed by atoms with Crippen LogP contribution in [0.15, 0.2) is 22.0 Å². The summed E-state index contributed by atoms with van der Waals surface area (Å²) in [5.74, 6) is -0.876. The lowest BCUT2D eigenvalue weighted by Crippen LogP contribution is -2.68. The number of thiophene rings is 1. The molecule has 0 radical (unpaired) electrons. The molecule has 2 unspecified atom stereocenters. The lowest BCUT2D eigenvalue weighted by Gasteiger charge is -2.34. The number of nitrogens with two attached hydrogens (primary N) is 2. The van der Waals surface area contributed by atoms with Crippen LogP contribution in [0.1, 0.15) is 23.1 Å². The summed E-state index contributed by atoms with van der Waals surface area (Å²) in [6, 6.07) is 0.915. The Morgan fingerprint density at radius 1 is 1.48 bits per heavy atom. The van der Waals surface area contributed by atoms with E-state index < -0.39 is 11.9 Å². The number of amidine groups is 1. The maximum absolute atomic E-state index is 12.6. The average molecular weight is 407 g/mol. The minimum atomic E-state index is -0.630. The highest BCUT2D eigenvalue weighted by Gasteiger charge is 2.38. The minimum absolute atomic E-state index is 0.0353. The second-order valence-corrected chi connectivity index (χ2v) is 7.63. The summed E-state index contributed by atoms with van der Waals surface area (Å²) in [4.78, 5) is 34.2. The molecule has 0 spiro atoms. The highest BCUT2D eigenvalue weighted by Crippen LogP contribution is 2.17. The van der Waals surface area contributed by atoms with Crippen LogP contribution >= 0.6 is 22.7 Å². The van der Waals surface area contributed by atoms with E-state index in [0.717, 1.165) is 16.2 Å². The van der Waals surface area contributed by atoms with E-state index in [1.165, 1.54) is 11.3 Å². The molecule has 1 fully saturated rings. The van der Waals surface area contributed by atoms with Crippen molar-refractivity contribution in [3.05, 3.63) is 33.0 Å². The van der Waals surface area contributed by atoms with Crippen LogP contribution in [-0.2, 0) is 21.0 Å². The Labute approximate surface area is 162 Å². The Balaban J connectivity index is 1.72. The number of anilines is 1. The van der Waals surface area contributed by atoms with Crippen molar-refractivity contribution in [3.8, 4) is 0 Å². The molecule has 2 atom stereocenters. The van der Waals surface area contributed by atoms with E-state index in [2.05, 4.69) is 20.8 Å². The van der Waals surface area contributed by atoms with Crippen LogP contribution in [-0.4, -0.2) is 40.4 Å². The Bertz CT molecular complexity index is 920. The molecule has 0 bridgehead atoms. The molecule has 142 valence electrons. The summed E-state index contributed by atoms with van der Waals surface area (Å²) in [7, 11) is 0. The van der Waals surface area contributed by atoms with Crippen molar-refractivity contribution in [2.45, 2.75) is 25.6 Å². The molecule has 2 amide bonds. The summed E-state index contributed by atoms with van der Waals surface area (Å²) in [6.07, 6.45) is 0. The number of carbonyl (C=O) groups is 2. The van der Waals surface area contributed by atoms with E-state index in [-0.39, 0.29) is 40.9 Å². The fourth-order valence-corrected chi connectivity index (χ4v) is 3.62. The maximum atomic E-state index is 12.6. The normalized spacial score (nSPS) is 19.1. The van der Waals surface area contributed by atoms with Crippen LogP contribution in [0.4, 0.5) is 5.13 Å². The van der Waals surface area contributed by atoms with Gasteiger partial charge in [0, 0.05) is 21.2 Å². The molecule has 3 rings (SSSR count). The van der Waals surface area contributed by atoms with Gasteiger partial charge in [-0.3, -0.25) is 15.0 Å². The molecule has 1 saturated heterocycles. The lowest BCUT2D eigenvalue weighted by molar-refractivity contribution is -0.134.